The van der Waals surface area contributed by atoms with Crippen LogP contribution in [-0.2, 0) is 0 Å². The second kappa shape index (κ2) is 3.07. The Kier molecular flexibility index (Phi) is 2.04. The fraction of sp³-hybridized carbons (Fsp3) is 0.100. The number of hydrogen-bond acceptors (Lipinski definition) is 1. The minimum atomic E-state index is -0.276. The van der Waals surface area contributed by atoms with E-state index in [9.17, 15) is 4.39 Å². The Morgan fingerprint density at radius 1 is 1.31 bits per heavy atom. The highest BCUT2D eigenvalue weighted by atomic mass is 79.9. The maximum absolute atomic E-state index is 13.3. The van der Waals surface area contributed by atoms with Crippen LogP contribution in [0.3, 0.4) is 0 Å². The highest BCUT2D eigenvalue weighted by Gasteiger charge is 2.06. The number of pyridine rings is 1. The van der Waals surface area contributed by atoms with Crippen LogP contribution in [0.4, 0.5) is 4.39 Å². The van der Waals surface area contributed by atoms with Gasteiger partial charge in [0.05, 0.1) is 0 Å². The quantitative estimate of drug-likeness (QED) is 0.687. The number of rotatable bonds is 0. The fourth-order valence-electron chi connectivity index (χ4n) is 1.35. The first kappa shape index (κ1) is 8.63. The molecular weight excluding hydrogens is 233 g/mol. The number of benzene rings is 1. The molecule has 66 valence electrons. The van der Waals surface area contributed by atoms with Crippen molar-refractivity contribution in [2.24, 2.45) is 0 Å². The van der Waals surface area contributed by atoms with Gasteiger partial charge in [0.2, 0.25) is 0 Å². The van der Waals surface area contributed by atoms with Gasteiger partial charge in [-0.3, -0.25) is 4.98 Å². The Bertz CT molecular complexity index is 459. The van der Waals surface area contributed by atoms with Crippen molar-refractivity contribution in [1.29, 1.82) is 0 Å². The molecule has 1 nitrogen and oxygen atoms in total. The summed E-state index contributed by atoms with van der Waals surface area (Å²) in [5.41, 5.74) is 1.45. The number of fused-ring (bicyclic) bond motifs is 1. The Labute approximate surface area is 83.7 Å². The molecule has 1 aromatic carbocycles. The number of halogens is 2. The third kappa shape index (κ3) is 1.33. The first-order valence-electron chi connectivity index (χ1n) is 3.89. The van der Waals surface area contributed by atoms with E-state index >= 15 is 0 Å². The van der Waals surface area contributed by atoms with Crippen LogP contribution in [0.25, 0.3) is 10.9 Å². The Morgan fingerprint density at radius 2 is 2.08 bits per heavy atom. The van der Waals surface area contributed by atoms with Crippen LogP contribution in [-0.4, -0.2) is 4.98 Å². The summed E-state index contributed by atoms with van der Waals surface area (Å²) in [5, 5.41) is 0.850. The molecule has 0 fully saturated rings. The highest BCUT2D eigenvalue weighted by molar-refractivity contribution is 9.10. The van der Waals surface area contributed by atoms with Crippen LogP contribution in [0.2, 0.25) is 0 Å². The summed E-state index contributed by atoms with van der Waals surface area (Å²) in [4.78, 5) is 4.00. The van der Waals surface area contributed by atoms with E-state index in [1.54, 1.807) is 12.3 Å². The molecule has 0 saturated heterocycles. The van der Waals surface area contributed by atoms with Crippen molar-refractivity contribution in [3.63, 3.8) is 0 Å². The lowest BCUT2D eigenvalue weighted by molar-refractivity contribution is 0.636. The van der Waals surface area contributed by atoms with Gasteiger partial charge in [-0.05, 0) is 24.6 Å². The zero-order valence-corrected chi connectivity index (χ0v) is 8.60. The minimum absolute atomic E-state index is 0.276. The lowest BCUT2D eigenvalue weighted by atomic mass is 10.1. The molecule has 0 aliphatic rings. The molecule has 2 rings (SSSR count). The molecule has 3 heteroatoms. The molecule has 2 aromatic rings. The summed E-state index contributed by atoms with van der Waals surface area (Å²) in [6, 6.07) is 5.01. The summed E-state index contributed by atoms with van der Waals surface area (Å²) < 4.78 is 14.1. The predicted molar refractivity (Wildman–Crippen MR) is 54.1 cm³/mol. The molecule has 0 aliphatic heterocycles. The molecule has 1 aromatic heterocycles. The molecule has 0 atom stereocenters. The van der Waals surface area contributed by atoms with Crippen molar-refractivity contribution in [3.8, 4) is 0 Å². The summed E-state index contributed by atoms with van der Waals surface area (Å²) in [5.74, 6) is -0.276. The van der Waals surface area contributed by atoms with Gasteiger partial charge in [0, 0.05) is 16.1 Å². The van der Waals surface area contributed by atoms with Gasteiger partial charge in [0.15, 0.2) is 0 Å². The van der Waals surface area contributed by atoms with Gasteiger partial charge in [0.1, 0.15) is 11.3 Å². The monoisotopic (exact) mass is 239 g/mol. The smallest absolute Gasteiger partial charge is 0.149 e. The largest absolute Gasteiger partial charge is 0.253 e. The molecular formula is C10H7BrFN. The Morgan fingerprint density at radius 3 is 2.77 bits per heavy atom. The van der Waals surface area contributed by atoms with Gasteiger partial charge in [-0.15, -0.1) is 0 Å². The number of aryl methyl sites for hydroxylation is 1. The molecule has 0 spiro atoms. The van der Waals surface area contributed by atoms with Crippen molar-refractivity contribution in [3.05, 3.63) is 40.2 Å². The SMILES string of the molecule is Cc1ccc(F)c2nccc(Br)c12. The molecule has 1 heterocycles. The molecule has 0 saturated carbocycles. The zero-order valence-electron chi connectivity index (χ0n) is 7.01. The zero-order chi connectivity index (χ0) is 9.42. The standard InChI is InChI=1S/C10H7BrFN/c1-6-2-3-8(12)10-9(6)7(11)4-5-13-10/h2-5H,1H3. The number of nitrogens with zero attached hydrogens (tertiary/aromatic N) is 1. The molecule has 13 heavy (non-hydrogen) atoms. The van der Waals surface area contributed by atoms with Crippen molar-refractivity contribution >= 4 is 26.8 Å². The van der Waals surface area contributed by atoms with E-state index in [-0.39, 0.29) is 5.82 Å². The topological polar surface area (TPSA) is 12.9 Å². The lowest BCUT2D eigenvalue weighted by Gasteiger charge is -2.03. The second-order valence-corrected chi connectivity index (χ2v) is 3.74. The van der Waals surface area contributed by atoms with E-state index in [4.69, 9.17) is 0 Å². The minimum Gasteiger partial charge on any atom is -0.253 e. The maximum atomic E-state index is 13.3. The lowest BCUT2D eigenvalue weighted by Crippen LogP contribution is -1.87. The van der Waals surface area contributed by atoms with E-state index in [0.29, 0.717) is 5.52 Å². The molecule has 0 bridgehead atoms. The summed E-state index contributed by atoms with van der Waals surface area (Å²) in [6.07, 6.45) is 1.59. The maximum Gasteiger partial charge on any atom is 0.149 e. The van der Waals surface area contributed by atoms with Crippen molar-refractivity contribution in [2.45, 2.75) is 6.92 Å². The van der Waals surface area contributed by atoms with E-state index in [1.165, 1.54) is 6.07 Å². The first-order valence-corrected chi connectivity index (χ1v) is 4.69. The molecule has 0 amide bonds. The Balaban J connectivity index is 3.00. The predicted octanol–water partition coefficient (Wildman–Crippen LogP) is 3.44. The normalized spacial score (nSPS) is 10.7. The number of aromatic nitrogens is 1. The van der Waals surface area contributed by atoms with Crippen molar-refractivity contribution < 1.29 is 4.39 Å². The average molecular weight is 240 g/mol. The van der Waals surface area contributed by atoms with Gasteiger partial charge in [0.25, 0.3) is 0 Å². The van der Waals surface area contributed by atoms with Crippen LogP contribution in [0.1, 0.15) is 5.56 Å². The molecule has 0 unspecified atom stereocenters. The summed E-state index contributed by atoms with van der Waals surface area (Å²) in [6.45, 7) is 1.94. The first-order chi connectivity index (χ1) is 6.20. The third-order valence-electron chi connectivity index (χ3n) is 2.00. The van der Waals surface area contributed by atoms with Crippen LogP contribution < -0.4 is 0 Å². The fourth-order valence-corrected chi connectivity index (χ4v) is 1.97. The van der Waals surface area contributed by atoms with Crippen molar-refractivity contribution in [1.82, 2.24) is 4.98 Å². The van der Waals surface area contributed by atoms with E-state index < -0.39 is 0 Å². The average Bonchev–Trinajstić information content (AvgIpc) is 2.12. The van der Waals surface area contributed by atoms with E-state index in [2.05, 4.69) is 20.9 Å². The second-order valence-electron chi connectivity index (χ2n) is 2.88. The summed E-state index contributed by atoms with van der Waals surface area (Å²) >= 11 is 3.38. The molecule has 0 N–H and O–H groups in total. The summed E-state index contributed by atoms with van der Waals surface area (Å²) in [7, 11) is 0. The van der Waals surface area contributed by atoms with Gasteiger partial charge >= 0.3 is 0 Å². The van der Waals surface area contributed by atoms with Crippen LogP contribution in [0, 0.1) is 12.7 Å². The molecule has 0 radical (unpaired) electrons. The van der Waals surface area contributed by atoms with E-state index in [0.717, 1.165) is 15.4 Å². The van der Waals surface area contributed by atoms with Crippen LogP contribution >= 0.6 is 15.9 Å². The Hall–Kier alpha value is -0.960. The van der Waals surface area contributed by atoms with Gasteiger partial charge in [-0.2, -0.15) is 0 Å². The van der Waals surface area contributed by atoms with Gasteiger partial charge < -0.3 is 0 Å². The van der Waals surface area contributed by atoms with Crippen LogP contribution in [0.15, 0.2) is 28.9 Å². The van der Waals surface area contributed by atoms with Crippen LogP contribution in [0.5, 0.6) is 0 Å². The van der Waals surface area contributed by atoms with Gasteiger partial charge in [-0.1, -0.05) is 22.0 Å². The van der Waals surface area contributed by atoms with Gasteiger partial charge in [-0.25, -0.2) is 4.39 Å². The van der Waals surface area contributed by atoms with Crippen molar-refractivity contribution in [2.75, 3.05) is 0 Å². The third-order valence-corrected chi connectivity index (χ3v) is 2.66. The highest BCUT2D eigenvalue weighted by Crippen LogP contribution is 2.26. The van der Waals surface area contributed by atoms with E-state index in [1.807, 2.05) is 13.0 Å². The molecule has 0 aliphatic carbocycles. The number of hydrogen-bond donors (Lipinski definition) is 0.